The first-order chi connectivity index (χ1) is 9.45. The Morgan fingerprint density at radius 1 is 0.947 bits per heavy atom. The van der Waals surface area contributed by atoms with Crippen LogP contribution in [0.5, 0.6) is 0 Å². The van der Waals surface area contributed by atoms with Crippen LogP contribution < -0.4 is 0 Å². The number of rotatable bonds is 0. The average molecular weight is 240 g/mol. The van der Waals surface area contributed by atoms with Crippen LogP contribution in [0.4, 0.5) is 0 Å². The molecule has 1 radical (unpaired) electrons. The van der Waals surface area contributed by atoms with E-state index < -0.39 is 0 Å². The van der Waals surface area contributed by atoms with E-state index in [9.17, 15) is 0 Å². The zero-order chi connectivity index (χ0) is 12.4. The lowest BCUT2D eigenvalue weighted by molar-refractivity contribution is 1.09. The maximum absolute atomic E-state index is 2.28. The Labute approximate surface area is 113 Å². The number of allylic oxidation sites excluding steroid dienone is 10. The van der Waals surface area contributed by atoms with E-state index in [2.05, 4.69) is 67.5 Å². The van der Waals surface area contributed by atoms with Gasteiger partial charge in [-0.3, -0.25) is 0 Å². The maximum atomic E-state index is 2.28. The van der Waals surface area contributed by atoms with Crippen molar-refractivity contribution in [3.8, 4) is 0 Å². The fraction of sp³-hybridized carbons (Fsp3) is 0.0526. The van der Waals surface area contributed by atoms with Gasteiger partial charge in [-0.15, -0.1) is 0 Å². The van der Waals surface area contributed by atoms with Gasteiger partial charge in [0.1, 0.15) is 0 Å². The normalized spacial score (nSPS) is 25.1. The Hall–Kier alpha value is -2.21. The molecule has 87 valence electrons. The van der Waals surface area contributed by atoms with E-state index in [0.29, 0.717) is 5.92 Å². The van der Waals surface area contributed by atoms with E-state index in [1.54, 1.807) is 0 Å². The van der Waals surface area contributed by atoms with Crippen LogP contribution in [-0.2, 0) is 0 Å². The second kappa shape index (κ2) is 3.21. The van der Waals surface area contributed by atoms with E-state index in [0.717, 1.165) is 0 Å². The first kappa shape index (κ1) is 9.69. The summed E-state index contributed by atoms with van der Waals surface area (Å²) in [6, 6.07) is 8.82. The molecule has 0 saturated carbocycles. The van der Waals surface area contributed by atoms with Gasteiger partial charge >= 0.3 is 0 Å². The molecule has 0 aromatic heterocycles. The summed E-state index contributed by atoms with van der Waals surface area (Å²) in [7, 11) is 0. The Morgan fingerprint density at radius 3 is 2.79 bits per heavy atom. The molecule has 19 heavy (non-hydrogen) atoms. The van der Waals surface area contributed by atoms with E-state index >= 15 is 0 Å². The molecule has 0 aliphatic heterocycles. The Bertz CT molecular complexity index is 763. The molecule has 1 unspecified atom stereocenters. The minimum absolute atomic E-state index is 0.472. The van der Waals surface area contributed by atoms with Gasteiger partial charge in [-0.1, -0.05) is 42.5 Å². The van der Waals surface area contributed by atoms with Crippen molar-refractivity contribution < 1.29 is 0 Å². The predicted molar refractivity (Wildman–Crippen MR) is 78.7 cm³/mol. The molecule has 5 rings (SSSR count). The summed E-state index contributed by atoms with van der Waals surface area (Å²) in [6.07, 6.45) is 15.6. The van der Waals surface area contributed by atoms with Gasteiger partial charge in [-0.05, 0) is 27.8 Å². The third kappa shape index (κ3) is 1.04. The molecule has 0 bridgehead atoms. The van der Waals surface area contributed by atoms with Crippen molar-refractivity contribution in [1.29, 1.82) is 0 Å². The summed E-state index contributed by atoms with van der Waals surface area (Å²) >= 11 is 0. The molecule has 1 aromatic carbocycles. The zero-order valence-electron chi connectivity index (χ0n) is 10.4. The molecular formula is C19H12+. The zero-order valence-corrected chi connectivity index (χ0v) is 10.4. The lowest BCUT2D eigenvalue weighted by Crippen LogP contribution is -2.02. The van der Waals surface area contributed by atoms with E-state index in [1.807, 2.05) is 0 Å². The van der Waals surface area contributed by atoms with Crippen LogP contribution >= 0.6 is 0 Å². The molecule has 0 nitrogen and oxygen atoms in total. The average Bonchev–Trinajstić information content (AvgIpc) is 2.99. The van der Waals surface area contributed by atoms with Crippen molar-refractivity contribution in [1.82, 2.24) is 0 Å². The summed E-state index contributed by atoms with van der Waals surface area (Å²) in [6.45, 7) is 0. The fourth-order valence-corrected chi connectivity index (χ4v) is 3.81. The van der Waals surface area contributed by atoms with Crippen LogP contribution in [0.25, 0.3) is 11.1 Å². The van der Waals surface area contributed by atoms with Gasteiger partial charge in [0.25, 0.3) is 0 Å². The molecule has 0 heterocycles. The van der Waals surface area contributed by atoms with Crippen molar-refractivity contribution in [3.05, 3.63) is 95.3 Å². The second-order valence-electron chi connectivity index (χ2n) is 5.37. The predicted octanol–water partition coefficient (Wildman–Crippen LogP) is 4.31. The first-order valence-corrected chi connectivity index (χ1v) is 6.76. The van der Waals surface area contributed by atoms with Gasteiger partial charge in [-0.25, -0.2) is 0 Å². The van der Waals surface area contributed by atoms with E-state index in [1.165, 1.54) is 39.0 Å². The van der Waals surface area contributed by atoms with Crippen LogP contribution in [0.2, 0.25) is 0 Å². The summed E-state index contributed by atoms with van der Waals surface area (Å²) < 4.78 is 0. The van der Waals surface area contributed by atoms with Crippen molar-refractivity contribution in [3.63, 3.8) is 0 Å². The number of hydrogen-bond acceptors (Lipinski definition) is 0. The Kier molecular flexibility index (Phi) is 1.64. The summed E-state index contributed by atoms with van der Waals surface area (Å²) in [5.74, 6) is 0.472. The SMILES string of the molecule is [CH]1[CH+]C=CC2=C3c4ccccc4C4=CC=CC(=C12)C43. The van der Waals surface area contributed by atoms with Crippen LogP contribution in [0, 0.1) is 18.8 Å². The van der Waals surface area contributed by atoms with Gasteiger partial charge in [0, 0.05) is 11.5 Å². The molecule has 0 fully saturated rings. The molecule has 0 N–H and O–H groups in total. The van der Waals surface area contributed by atoms with Crippen LogP contribution in [0.15, 0.2) is 71.4 Å². The van der Waals surface area contributed by atoms with E-state index in [-0.39, 0.29) is 0 Å². The summed E-state index contributed by atoms with van der Waals surface area (Å²) in [4.78, 5) is 0. The molecule has 0 saturated heterocycles. The quantitative estimate of drug-likeness (QED) is 0.593. The van der Waals surface area contributed by atoms with Gasteiger partial charge in [0.2, 0.25) is 0 Å². The highest BCUT2D eigenvalue weighted by atomic mass is 14.4. The van der Waals surface area contributed by atoms with Gasteiger partial charge < -0.3 is 0 Å². The second-order valence-corrected chi connectivity index (χ2v) is 5.37. The largest absolute Gasteiger partial charge is 0.0989 e. The van der Waals surface area contributed by atoms with Crippen LogP contribution in [0.1, 0.15) is 11.1 Å². The Balaban J connectivity index is 1.93. The molecule has 1 aromatic rings. The highest BCUT2D eigenvalue weighted by molar-refractivity contribution is 6.04. The number of hydrogen-bond donors (Lipinski definition) is 0. The minimum atomic E-state index is 0.472. The molecule has 0 spiro atoms. The lowest BCUT2D eigenvalue weighted by Gasteiger charge is -2.16. The Morgan fingerprint density at radius 2 is 1.84 bits per heavy atom. The van der Waals surface area contributed by atoms with Crippen molar-refractivity contribution >= 4 is 11.1 Å². The van der Waals surface area contributed by atoms with Crippen molar-refractivity contribution in [2.24, 2.45) is 5.92 Å². The molecule has 0 heteroatoms. The van der Waals surface area contributed by atoms with Crippen molar-refractivity contribution in [2.75, 3.05) is 0 Å². The minimum Gasteiger partial charge on any atom is -0.0616 e. The highest BCUT2D eigenvalue weighted by Gasteiger charge is 2.44. The molecule has 4 aliphatic carbocycles. The molecular weight excluding hydrogens is 228 g/mol. The summed E-state index contributed by atoms with van der Waals surface area (Å²) in [5, 5.41) is 0. The van der Waals surface area contributed by atoms with E-state index in [4.69, 9.17) is 0 Å². The maximum Gasteiger partial charge on any atom is 0.0989 e. The monoisotopic (exact) mass is 240 g/mol. The van der Waals surface area contributed by atoms with Gasteiger partial charge in [0.05, 0.1) is 30.6 Å². The van der Waals surface area contributed by atoms with Crippen molar-refractivity contribution in [2.45, 2.75) is 0 Å². The number of fused-ring (bicyclic) bond motifs is 4. The molecule has 4 aliphatic rings. The first-order valence-electron chi connectivity index (χ1n) is 6.76. The topological polar surface area (TPSA) is 0 Å². The fourth-order valence-electron chi connectivity index (χ4n) is 3.81. The highest BCUT2D eigenvalue weighted by Crippen LogP contribution is 2.58. The molecule has 0 amide bonds. The summed E-state index contributed by atoms with van der Waals surface area (Å²) in [5.41, 5.74) is 10.1. The van der Waals surface area contributed by atoms with Crippen LogP contribution in [-0.4, -0.2) is 0 Å². The molecule has 1 atom stereocenters. The smallest absolute Gasteiger partial charge is 0.0616 e. The third-order valence-corrected chi connectivity index (χ3v) is 4.52. The third-order valence-electron chi connectivity index (χ3n) is 4.52. The van der Waals surface area contributed by atoms with Crippen LogP contribution in [0.3, 0.4) is 0 Å². The van der Waals surface area contributed by atoms with Gasteiger partial charge in [0.15, 0.2) is 0 Å². The lowest BCUT2D eigenvalue weighted by atomic mass is 9.86. The van der Waals surface area contributed by atoms with Gasteiger partial charge in [-0.2, -0.15) is 0 Å². The standard InChI is InChI=1S/C19H12/c1-3-8-14-12(6-1)16-10-5-11-17-13-7-2-4-9-15(13)18(14)19(16)17/h1-11,19H/q+1. The number of benzene rings is 1.